The van der Waals surface area contributed by atoms with Crippen molar-refractivity contribution in [3.63, 3.8) is 0 Å². The van der Waals surface area contributed by atoms with Crippen LogP contribution in [0, 0.1) is 11.8 Å². The topological polar surface area (TPSA) is 119 Å². The lowest BCUT2D eigenvalue weighted by Crippen LogP contribution is -2.63. The van der Waals surface area contributed by atoms with Crippen molar-refractivity contribution in [1.29, 1.82) is 0 Å². The molecule has 0 spiro atoms. The Morgan fingerprint density at radius 3 is 2.55 bits per heavy atom. The van der Waals surface area contributed by atoms with Crippen molar-refractivity contribution in [2.24, 2.45) is 11.8 Å². The summed E-state index contributed by atoms with van der Waals surface area (Å²) in [6, 6.07) is 5.80. The predicted molar refractivity (Wildman–Crippen MR) is 153 cm³/mol. The van der Waals surface area contributed by atoms with E-state index in [1.54, 1.807) is 30.7 Å². The third-order valence-corrected chi connectivity index (χ3v) is 9.99. The number of carbonyl (C=O) groups excluding carboxylic acids is 3. The molecule has 224 valence electrons. The van der Waals surface area contributed by atoms with E-state index in [1.165, 1.54) is 27.8 Å². The van der Waals surface area contributed by atoms with Crippen LogP contribution in [0.15, 0.2) is 36.3 Å². The highest BCUT2D eigenvalue weighted by Crippen LogP contribution is 2.52. The zero-order valence-electron chi connectivity index (χ0n) is 24.2. The number of thiophene rings is 1. The first-order chi connectivity index (χ1) is 20.2. The average molecular weight is 596 g/mol. The summed E-state index contributed by atoms with van der Waals surface area (Å²) in [7, 11) is 0. The molecule has 2 aromatic heterocycles. The van der Waals surface area contributed by atoms with Crippen LogP contribution in [0.1, 0.15) is 73.8 Å². The molecule has 1 saturated carbocycles. The number of esters is 1. The molecule has 42 heavy (non-hydrogen) atoms. The summed E-state index contributed by atoms with van der Waals surface area (Å²) < 4.78 is 16.2. The number of aliphatic hydroxyl groups excluding tert-OH is 1. The average Bonchev–Trinajstić information content (AvgIpc) is 3.57. The van der Waals surface area contributed by atoms with Crippen molar-refractivity contribution in [2.45, 2.75) is 97.0 Å². The van der Waals surface area contributed by atoms with Crippen LogP contribution < -0.4 is 0 Å². The highest BCUT2D eigenvalue weighted by Gasteiger charge is 2.60. The highest BCUT2D eigenvalue weighted by molar-refractivity contribution is 7.13. The van der Waals surface area contributed by atoms with Gasteiger partial charge in [-0.15, -0.1) is 11.3 Å². The minimum absolute atomic E-state index is 0.166. The van der Waals surface area contributed by atoms with Gasteiger partial charge in [-0.25, -0.2) is 9.59 Å². The van der Waals surface area contributed by atoms with Crippen LogP contribution in [0.25, 0.3) is 5.57 Å². The molecule has 11 heteroatoms. The maximum Gasteiger partial charge on any atom is 0.511 e. The smallest absolute Gasteiger partial charge is 0.431 e. The molecule has 1 N–H and O–H groups in total. The molecule has 10 nitrogen and oxygen atoms in total. The minimum atomic E-state index is -1.20. The SMILES string of the molecule is CC(OC(=O)OC1CCCCC1)OC(=O)C1=C(c2cc3c(s2)CN(Cc2ccncc2)C3)[C@H](C)[C@@H]2[C@@H]([C@@H](C)O)C(=O)N12. The number of fused-ring (bicyclic) bond motifs is 2. The van der Waals surface area contributed by atoms with Crippen molar-refractivity contribution in [3.8, 4) is 0 Å². The number of pyridine rings is 1. The van der Waals surface area contributed by atoms with Gasteiger partial charge in [0.05, 0.1) is 18.1 Å². The quantitative estimate of drug-likeness (QED) is 0.265. The number of aliphatic hydroxyl groups is 1. The molecule has 5 atom stereocenters. The normalized spacial score (nSPS) is 25.5. The van der Waals surface area contributed by atoms with Crippen LogP contribution in [-0.2, 0) is 43.4 Å². The Labute approximate surface area is 249 Å². The van der Waals surface area contributed by atoms with Gasteiger partial charge in [0.2, 0.25) is 12.2 Å². The van der Waals surface area contributed by atoms with Gasteiger partial charge in [-0.2, -0.15) is 0 Å². The number of hydrogen-bond donors (Lipinski definition) is 1. The number of nitrogens with zero attached hydrogens (tertiary/aromatic N) is 3. The zero-order valence-corrected chi connectivity index (χ0v) is 25.0. The van der Waals surface area contributed by atoms with Crippen LogP contribution in [0.5, 0.6) is 0 Å². The van der Waals surface area contributed by atoms with Gasteiger partial charge in [-0.3, -0.25) is 14.7 Å². The Balaban J connectivity index is 1.20. The van der Waals surface area contributed by atoms with E-state index in [2.05, 4.69) is 16.0 Å². The molecule has 1 unspecified atom stereocenters. The summed E-state index contributed by atoms with van der Waals surface area (Å²) >= 11 is 1.62. The zero-order chi connectivity index (χ0) is 29.5. The second kappa shape index (κ2) is 11.8. The van der Waals surface area contributed by atoms with E-state index in [1.807, 2.05) is 19.1 Å². The lowest BCUT2D eigenvalue weighted by atomic mass is 9.77. The standard InChI is InChI=1S/C31H37N3O7S/c1-17-25(23-13-21-15-33(16-24(21)42-23)14-20-9-11-32-12-10-20)28(34-27(17)26(18(2)35)29(34)36)30(37)39-19(3)40-31(38)41-22-7-5-4-6-8-22/h9-13,17-19,22,26-27,35H,4-8,14-16H2,1-3H3/t17-,18+,19?,26+,27+/m0/s1. The van der Waals surface area contributed by atoms with Gasteiger partial charge < -0.3 is 24.2 Å². The van der Waals surface area contributed by atoms with Crippen molar-refractivity contribution in [1.82, 2.24) is 14.8 Å². The Kier molecular flexibility index (Phi) is 8.08. The van der Waals surface area contributed by atoms with E-state index in [4.69, 9.17) is 14.2 Å². The second-order valence-electron chi connectivity index (χ2n) is 11.8. The largest absolute Gasteiger partial charge is 0.511 e. The molecular weight excluding hydrogens is 558 g/mol. The van der Waals surface area contributed by atoms with Crippen molar-refractivity contribution >= 4 is 34.9 Å². The molecule has 5 heterocycles. The number of rotatable bonds is 8. The lowest BCUT2D eigenvalue weighted by molar-refractivity contribution is -0.174. The molecule has 3 aliphatic heterocycles. The number of hydrogen-bond acceptors (Lipinski definition) is 10. The monoisotopic (exact) mass is 595 g/mol. The van der Waals surface area contributed by atoms with E-state index >= 15 is 0 Å². The minimum Gasteiger partial charge on any atom is -0.431 e. The fraction of sp³-hybridized carbons (Fsp3) is 0.548. The van der Waals surface area contributed by atoms with E-state index in [0.717, 1.165) is 62.2 Å². The maximum absolute atomic E-state index is 13.6. The Bertz CT molecular complexity index is 1360. The molecular formula is C31H37N3O7S. The molecule has 0 aromatic carbocycles. The molecule has 6 rings (SSSR count). The first-order valence-electron chi connectivity index (χ1n) is 14.8. The summed E-state index contributed by atoms with van der Waals surface area (Å²) in [5.41, 5.74) is 3.30. The lowest BCUT2D eigenvalue weighted by Gasteiger charge is -2.46. The maximum atomic E-state index is 13.6. The van der Waals surface area contributed by atoms with Crippen LogP contribution >= 0.6 is 11.3 Å². The summed E-state index contributed by atoms with van der Waals surface area (Å²) in [6.45, 7) is 7.44. The third-order valence-electron chi connectivity index (χ3n) is 8.79. The van der Waals surface area contributed by atoms with Crippen LogP contribution in [0.2, 0.25) is 0 Å². The number of amides is 1. The molecule has 2 aromatic rings. The molecule has 2 fully saturated rings. The second-order valence-corrected chi connectivity index (χ2v) is 12.9. The third kappa shape index (κ3) is 5.45. The van der Waals surface area contributed by atoms with Gasteiger partial charge in [-0.05, 0) is 61.9 Å². The van der Waals surface area contributed by atoms with Crippen LogP contribution in [-0.4, -0.2) is 62.5 Å². The van der Waals surface area contributed by atoms with Gasteiger partial charge in [0, 0.05) is 60.2 Å². The first kappa shape index (κ1) is 28.8. The van der Waals surface area contributed by atoms with Crippen LogP contribution in [0.4, 0.5) is 4.79 Å². The fourth-order valence-corrected chi connectivity index (χ4v) is 8.18. The highest BCUT2D eigenvalue weighted by atomic mass is 32.1. The van der Waals surface area contributed by atoms with Gasteiger partial charge >= 0.3 is 12.1 Å². The van der Waals surface area contributed by atoms with E-state index in [-0.39, 0.29) is 29.7 Å². The molecule has 0 radical (unpaired) electrons. The van der Waals surface area contributed by atoms with E-state index in [0.29, 0.717) is 0 Å². The number of aromatic nitrogens is 1. The number of ether oxygens (including phenoxy) is 3. The Hall–Kier alpha value is -3.28. The van der Waals surface area contributed by atoms with E-state index < -0.39 is 30.4 Å². The van der Waals surface area contributed by atoms with Crippen LogP contribution in [0.3, 0.4) is 0 Å². The van der Waals surface area contributed by atoms with Gasteiger partial charge in [0.1, 0.15) is 11.8 Å². The molecule has 0 bridgehead atoms. The van der Waals surface area contributed by atoms with Crippen molar-refractivity contribution in [3.05, 3.63) is 57.2 Å². The summed E-state index contributed by atoms with van der Waals surface area (Å²) in [4.78, 5) is 49.2. The summed E-state index contributed by atoms with van der Waals surface area (Å²) in [5.74, 6) is -1.82. The number of carbonyl (C=O) groups is 3. The van der Waals surface area contributed by atoms with Gasteiger partial charge in [-0.1, -0.05) is 13.3 Å². The van der Waals surface area contributed by atoms with Gasteiger partial charge in [0.25, 0.3) is 0 Å². The Morgan fingerprint density at radius 1 is 1.12 bits per heavy atom. The molecule has 4 aliphatic rings. The summed E-state index contributed by atoms with van der Waals surface area (Å²) in [5, 5.41) is 10.4. The summed E-state index contributed by atoms with van der Waals surface area (Å²) in [6.07, 6.45) is 5.24. The van der Waals surface area contributed by atoms with Crippen molar-refractivity contribution < 1.29 is 33.7 Å². The molecule has 1 saturated heterocycles. The number of β-lactam (4-membered cyclic amide) rings is 1. The first-order valence-corrected chi connectivity index (χ1v) is 15.6. The molecule has 1 amide bonds. The van der Waals surface area contributed by atoms with Gasteiger partial charge in [0.15, 0.2) is 0 Å². The fourth-order valence-electron chi connectivity index (χ4n) is 6.82. The molecule has 1 aliphatic carbocycles. The predicted octanol–water partition coefficient (Wildman–Crippen LogP) is 4.60. The Morgan fingerprint density at radius 2 is 1.86 bits per heavy atom. The van der Waals surface area contributed by atoms with E-state index in [9.17, 15) is 19.5 Å². The van der Waals surface area contributed by atoms with Crippen molar-refractivity contribution in [2.75, 3.05) is 0 Å².